The van der Waals surface area contributed by atoms with E-state index in [9.17, 15) is 19.2 Å². The van der Waals surface area contributed by atoms with E-state index in [4.69, 9.17) is 4.42 Å². The molecule has 4 fully saturated rings. The van der Waals surface area contributed by atoms with E-state index < -0.39 is 0 Å². The van der Waals surface area contributed by atoms with Crippen molar-refractivity contribution in [1.82, 2.24) is 4.98 Å². The summed E-state index contributed by atoms with van der Waals surface area (Å²) in [6.45, 7) is 0. The maximum Gasteiger partial charge on any atom is 0.238 e. The van der Waals surface area contributed by atoms with Crippen molar-refractivity contribution in [1.29, 1.82) is 0 Å². The molecule has 2 saturated heterocycles. The quantitative estimate of drug-likeness (QED) is 0.383. The molecule has 6 aliphatic rings. The molecule has 0 N–H and O–H groups in total. The number of benzene rings is 2. The van der Waals surface area contributed by atoms with Crippen molar-refractivity contribution in [3.8, 4) is 11.5 Å². The lowest BCUT2D eigenvalue weighted by Gasteiger charge is -2.17. The highest BCUT2D eigenvalue weighted by Crippen LogP contribution is 2.54. The Morgan fingerprint density at radius 3 is 1.59 bits per heavy atom. The average molecular weight is 518 g/mol. The summed E-state index contributed by atoms with van der Waals surface area (Å²) in [5.41, 5.74) is 2.85. The normalized spacial score (nSPS) is 35.4. The van der Waals surface area contributed by atoms with Crippen LogP contribution in [-0.2, 0) is 19.2 Å². The number of imide groups is 2. The summed E-state index contributed by atoms with van der Waals surface area (Å²) in [6.07, 6.45) is 10.1. The fourth-order valence-electron chi connectivity index (χ4n) is 8.24. The minimum absolute atomic E-state index is 0.108. The van der Waals surface area contributed by atoms with E-state index >= 15 is 0 Å². The summed E-state index contributed by atoms with van der Waals surface area (Å²) in [7, 11) is 0. The van der Waals surface area contributed by atoms with Gasteiger partial charge in [0.25, 0.3) is 0 Å². The molecule has 2 aromatic carbocycles. The summed E-state index contributed by atoms with van der Waals surface area (Å²) in [6, 6.07) is 12.3. The lowest BCUT2D eigenvalue weighted by Crippen LogP contribution is -2.32. The number of nitrogens with zero attached hydrogens (tertiary/aromatic N) is 3. The van der Waals surface area contributed by atoms with Crippen LogP contribution in [-0.4, -0.2) is 28.6 Å². The topological polar surface area (TPSA) is 101 Å². The molecule has 9 rings (SSSR count). The monoisotopic (exact) mass is 517 g/mol. The molecule has 4 aliphatic carbocycles. The standard InChI is InChI=1S/C31H23N3O5/c35-28-23-15-1-2-16(11-15)24(23)29(36)33(28)19-7-5-14(6-8-19)27-32-21-10-9-20(13-22(21)39-27)34-30(37)25-17-3-4-18(12-17)26(25)31(34)38/h1-10,13,15-18,23-26H,11-12H2/t15-,16-,17-,18+,23-,24+,25-,26-/m0/s1. The Morgan fingerprint density at radius 2 is 1.08 bits per heavy atom. The van der Waals surface area contributed by atoms with Gasteiger partial charge in [-0.05, 0) is 72.9 Å². The molecule has 2 aliphatic heterocycles. The van der Waals surface area contributed by atoms with Crippen LogP contribution in [0.4, 0.5) is 11.4 Å². The van der Waals surface area contributed by atoms with Crippen LogP contribution in [0, 0.1) is 47.3 Å². The molecular formula is C31H23N3O5. The summed E-state index contributed by atoms with van der Waals surface area (Å²) in [5.74, 6) is -0.435. The molecule has 8 heteroatoms. The highest BCUT2D eigenvalue weighted by Gasteiger charge is 2.60. The van der Waals surface area contributed by atoms with Crippen molar-refractivity contribution in [3.05, 3.63) is 66.8 Å². The number of aromatic nitrogens is 1. The molecule has 8 atom stereocenters. The van der Waals surface area contributed by atoms with Crippen LogP contribution >= 0.6 is 0 Å². The van der Waals surface area contributed by atoms with E-state index in [-0.39, 0.29) is 71.0 Å². The fourth-order valence-corrected chi connectivity index (χ4v) is 8.24. The minimum atomic E-state index is -0.257. The molecule has 4 bridgehead atoms. The number of carbonyl (C=O) groups is 4. The molecule has 2 saturated carbocycles. The van der Waals surface area contributed by atoms with Crippen LogP contribution in [0.5, 0.6) is 0 Å². The lowest BCUT2D eigenvalue weighted by atomic mass is 9.85. The van der Waals surface area contributed by atoms with E-state index in [2.05, 4.69) is 29.3 Å². The van der Waals surface area contributed by atoms with Gasteiger partial charge in [0.2, 0.25) is 29.5 Å². The molecule has 3 heterocycles. The van der Waals surface area contributed by atoms with Gasteiger partial charge in [0.1, 0.15) is 5.52 Å². The molecule has 39 heavy (non-hydrogen) atoms. The van der Waals surface area contributed by atoms with Gasteiger partial charge in [-0.15, -0.1) is 0 Å². The van der Waals surface area contributed by atoms with Crippen molar-refractivity contribution >= 4 is 46.1 Å². The Balaban J connectivity index is 0.997. The second-order valence-electron chi connectivity index (χ2n) is 11.7. The number of rotatable bonds is 3. The Bertz CT molecular complexity index is 1660. The first-order valence-corrected chi connectivity index (χ1v) is 13.6. The summed E-state index contributed by atoms with van der Waals surface area (Å²) in [5, 5.41) is 0. The number of hydrogen-bond donors (Lipinski definition) is 0. The number of fused-ring (bicyclic) bond motifs is 11. The number of oxazole rings is 1. The van der Waals surface area contributed by atoms with Crippen molar-refractivity contribution in [2.45, 2.75) is 12.8 Å². The zero-order chi connectivity index (χ0) is 26.2. The molecular weight excluding hydrogens is 494 g/mol. The predicted molar refractivity (Wildman–Crippen MR) is 140 cm³/mol. The van der Waals surface area contributed by atoms with Gasteiger partial charge in [-0.2, -0.15) is 0 Å². The van der Waals surface area contributed by atoms with Crippen molar-refractivity contribution in [2.24, 2.45) is 47.3 Å². The first-order chi connectivity index (χ1) is 19.0. The van der Waals surface area contributed by atoms with Gasteiger partial charge in [-0.1, -0.05) is 24.3 Å². The lowest BCUT2D eigenvalue weighted by molar-refractivity contribution is -0.124. The number of amides is 4. The Kier molecular flexibility index (Phi) is 3.98. The largest absolute Gasteiger partial charge is 0.436 e. The summed E-state index contributed by atoms with van der Waals surface area (Å²) < 4.78 is 6.05. The van der Waals surface area contributed by atoms with Gasteiger partial charge in [0, 0.05) is 11.6 Å². The molecule has 8 nitrogen and oxygen atoms in total. The van der Waals surface area contributed by atoms with Crippen LogP contribution in [0.25, 0.3) is 22.6 Å². The molecule has 0 unspecified atom stereocenters. The van der Waals surface area contributed by atoms with Crippen LogP contribution in [0.15, 0.2) is 71.2 Å². The molecule has 0 spiro atoms. The smallest absolute Gasteiger partial charge is 0.238 e. The molecule has 0 radical (unpaired) electrons. The summed E-state index contributed by atoms with van der Waals surface area (Å²) in [4.78, 5) is 59.9. The first kappa shape index (κ1) is 21.6. The van der Waals surface area contributed by atoms with Gasteiger partial charge >= 0.3 is 0 Å². The van der Waals surface area contributed by atoms with Gasteiger partial charge in [0.05, 0.1) is 35.0 Å². The number of anilines is 2. The van der Waals surface area contributed by atoms with Gasteiger partial charge < -0.3 is 4.42 Å². The molecule has 192 valence electrons. The van der Waals surface area contributed by atoms with Gasteiger partial charge in [0.15, 0.2) is 5.58 Å². The third-order valence-corrected chi connectivity index (χ3v) is 9.94. The van der Waals surface area contributed by atoms with Crippen molar-refractivity contribution in [2.75, 3.05) is 9.80 Å². The third kappa shape index (κ3) is 2.66. The Labute approximate surface area is 223 Å². The maximum absolute atomic E-state index is 13.2. The van der Waals surface area contributed by atoms with Crippen LogP contribution < -0.4 is 9.80 Å². The maximum atomic E-state index is 13.2. The predicted octanol–water partition coefficient (Wildman–Crippen LogP) is 4.12. The second kappa shape index (κ2) is 7.20. The average Bonchev–Trinajstić information content (AvgIpc) is 3.79. The van der Waals surface area contributed by atoms with Crippen molar-refractivity contribution < 1.29 is 23.6 Å². The van der Waals surface area contributed by atoms with E-state index in [0.29, 0.717) is 33.9 Å². The SMILES string of the molecule is O=C1[C@@H]2[C@@H](C(=O)N1c1ccc3nc(-c4ccc(N5C(=O)[C@@H]6[C@H](C5=O)[C@H]5C=C[C@H]6C5)cc4)oc3c1)[C@H]1C=C[C@@H]2C1. The molecule has 3 aromatic rings. The molecule has 4 amide bonds. The van der Waals surface area contributed by atoms with Crippen LogP contribution in [0.1, 0.15) is 12.8 Å². The minimum Gasteiger partial charge on any atom is -0.436 e. The van der Waals surface area contributed by atoms with E-state index in [0.717, 1.165) is 12.8 Å². The summed E-state index contributed by atoms with van der Waals surface area (Å²) >= 11 is 0. The van der Waals surface area contributed by atoms with E-state index in [1.54, 1.807) is 42.5 Å². The highest BCUT2D eigenvalue weighted by molar-refractivity contribution is 6.24. The van der Waals surface area contributed by atoms with Gasteiger partial charge in [-0.25, -0.2) is 9.88 Å². The number of hydrogen-bond acceptors (Lipinski definition) is 6. The Morgan fingerprint density at radius 1 is 0.615 bits per heavy atom. The van der Waals surface area contributed by atoms with Crippen LogP contribution in [0.3, 0.4) is 0 Å². The van der Waals surface area contributed by atoms with Crippen molar-refractivity contribution in [3.63, 3.8) is 0 Å². The zero-order valence-electron chi connectivity index (χ0n) is 20.8. The second-order valence-corrected chi connectivity index (χ2v) is 11.7. The van der Waals surface area contributed by atoms with E-state index in [1.165, 1.54) is 9.80 Å². The number of carbonyl (C=O) groups excluding carboxylic acids is 4. The number of allylic oxidation sites excluding steroid dienone is 4. The van der Waals surface area contributed by atoms with Crippen LogP contribution in [0.2, 0.25) is 0 Å². The third-order valence-electron chi connectivity index (χ3n) is 9.94. The molecule has 1 aromatic heterocycles. The Hall–Kier alpha value is -4.33. The highest BCUT2D eigenvalue weighted by atomic mass is 16.3. The first-order valence-electron chi connectivity index (χ1n) is 13.6. The zero-order valence-corrected chi connectivity index (χ0v) is 20.8. The fraction of sp³-hybridized carbons (Fsp3) is 0.323. The van der Waals surface area contributed by atoms with Gasteiger partial charge in [-0.3, -0.25) is 24.1 Å². The van der Waals surface area contributed by atoms with E-state index in [1.807, 2.05) is 0 Å².